The van der Waals surface area contributed by atoms with Crippen LogP contribution >= 0.6 is 0 Å². The third-order valence-corrected chi connectivity index (χ3v) is 5.55. The van der Waals surface area contributed by atoms with E-state index in [0.717, 1.165) is 62.1 Å². The van der Waals surface area contributed by atoms with Gasteiger partial charge < -0.3 is 17.4 Å². The van der Waals surface area contributed by atoms with Crippen molar-refractivity contribution in [3.05, 3.63) is 101 Å². The van der Waals surface area contributed by atoms with E-state index in [2.05, 4.69) is 9.98 Å². The number of halogens is 4. The van der Waals surface area contributed by atoms with Crippen LogP contribution in [0.5, 0.6) is 0 Å². The molecule has 0 radical (unpaired) electrons. The zero-order valence-electron chi connectivity index (χ0n) is 16.5. The quantitative estimate of drug-likeness (QED) is 0.481. The topological polar surface area (TPSA) is 29.8 Å². The van der Waals surface area contributed by atoms with Gasteiger partial charge in [0.15, 0.2) is 6.21 Å². The molecule has 0 fully saturated rings. The highest BCUT2D eigenvalue weighted by atomic mass is 35.5. The average molecular weight is 439 g/mol. The fourth-order valence-electron chi connectivity index (χ4n) is 4.07. The van der Waals surface area contributed by atoms with Gasteiger partial charge in [0.2, 0.25) is 5.69 Å². The van der Waals surface area contributed by atoms with Crippen LogP contribution in [0.3, 0.4) is 0 Å². The first-order chi connectivity index (χ1) is 14.4. The van der Waals surface area contributed by atoms with Crippen LogP contribution in [0.2, 0.25) is 0 Å². The maximum absolute atomic E-state index is 13.1. The van der Waals surface area contributed by atoms with Crippen LogP contribution in [-0.2, 0) is 6.18 Å². The van der Waals surface area contributed by atoms with Gasteiger partial charge in [-0.1, -0.05) is 42.5 Å². The molecule has 0 aliphatic carbocycles. The van der Waals surface area contributed by atoms with Gasteiger partial charge in [-0.05, 0) is 36.8 Å². The molecule has 0 amide bonds. The number of hydrogen-bond donors (Lipinski definition) is 2. The lowest BCUT2D eigenvalue weighted by Crippen LogP contribution is -3.00. The first-order valence-corrected chi connectivity index (χ1v) is 9.61. The predicted octanol–water partition coefficient (Wildman–Crippen LogP) is 2.25. The maximum atomic E-state index is 13.1. The van der Waals surface area contributed by atoms with Crippen LogP contribution in [0, 0.1) is 6.92 Å². The van der Waals surface area contributed by atoms with E-state index in [1.54, 1.807) is 12.1 Å². The van der Waals surface area contributed by atoms with E-state index >= 15 is 0 Å². The smallest absolute Gasteiger partial charge is 0.416 e. The summed E-state index contributed by atoms with van der Waals surface area (Å²) in [5.41, 5.74) is 7.03. The molecule has 0 saturated carbocycles. The summed E-state index contributed by atoms with van der Waals surface area (Å²) in [6.07, 6.45) is -0.504. The Kier molecular flexibility index (Phi) is 5.23. The van der Waals surface area contributed by atoms with Gasteiger partial charge in [-0.2, -0.15) is 13.2 Å². The molecule has 0 bridgehead atoms. The number of benzene rings is 3. The van der Waals surface area contributed by atoms with Gasteiger partial charge >= 0.3 is 6.18 Å². The van der Waals surface area contributed by atoms with Crippen molar-refractivity contribution in [1.29, 1.82) is 0 Å². The van der Waals surface area contributed by atoms with Gasteiger partial charge in [-0.25, -0.2) is 4.99 Å². The second-order valence-electron chi connectivity index (χ2n) is 7.40. The number of aromatic amines is 1. The van der Waals surface area contributed by atoms with Gasteiger partial charge in [0.05, 0.1) is 16.7 Å². The molecule has 0 unspecified atom stereocenters. The number of alkyl halides is 3. The van der Waals surface area contributed by atoms with Crippen molar-refractivity contribution < 1.29 is 30.6 Å². The minimum absolute atomic E-state index is 0. The van der Waals surface area contributed by atoms with Gasteiger partial charge in [0.1, 0.15) is 0 Å². The number of fused-ring (bicyclic) bond motifs is 2. The van der Waals surface area contributed by atoms with E-state index in [-0.39, 0.29) is 12.4 Å². The second kappa shape index (κ2) is 7.75. The molecule has 1 aliphatic rings. The van der Waals surface area contributed by atoms with E-state index in [4.69, 9.17) is 0 Å². The van der Waals surface area contributed by atoms with Crippen LogP contribution in [-0.4, -0.2) is 11.2 Å². The summed E-state index contributed by atoms with van der Waals surface area (Å²) in [4.78, 5) is 6.63. The SMILES string of the molecule is Cc1cccc2c1[NH+]=CC2=C(c1ccc(C(F)(F)F)cc1)c1c[nH]c2ccccc12.[Cl-]. The fraction of sp³-hybridized carbons (Fsp3) is 0.0800. The number of aryl methyl sites for hydroxylation is 1. The molecule has 6 heteroatoms. The molecule has 3 aromatic carbocycles. The Morgan fingerprint density at radius 1 is 0.903 bits per heavy atom. The molecule has 4 aromatic rings. The zero-order chi connectivity index (χ0) is 20.9. The fourth-order valence-corrected chi connectivity index (χ4v) is 4.07. The highest BCUT2D eigenvalue weighted by molar-refractivity contribution is 6.25. The van der Waals surface area contributed by atoms with Crippen LogP contribution in [0.25, 0.3) is 22.0 Å². The van der Waals surface area contributed by atoms with Gasteiger partial charge in [0.25, 0.3) is 0 Å². The molecule has 2 heterocycles. The van der Waals surface area contributed by atoms with Crippen LogP contribution < -0.4 is 17.4 Å². The molecule has 1 aliphatic heterocycles. The first-order valence-electron chi connectivity index (χ1n) is 9.61. The monoisotopic (exact) mass is 438 g/mol. The summed E-state index contributed by atoms with van der Waals surface area (Å²) in [5.74, 6) is 0. The summed E-state index contributed by atoms with van der Waals surface area (Å²) in [5, 5.41) is 1.02. The van der Waals surface area contributed by atoms with Crippen molar-refractivity contribution in [2.24, 2.45) is 0 Å². The summed E-state index contributed by atoms with van der Waals surface area (Å²) in [6.45, 7) is 2.03. The molecule has 5 rings (SSSR count). The highest BCUT2D eigenvalue weighted by Gasteiger charge is 2.31. The van der Waals surface area contributed by atoms with Crippen LogP contribution in [0.15, 0.2) is 72.9 Å². The lowest BCUT2D eigenvalue weighted by molar-refractivity contribution is -0.343. The van der Waals surface area contributed by atoms with Crippen LogP contribution in [0.1, 0.15) is 27.8 Å². The second-order valence-corrected chi connectivity index (χ2v) is 7.40. The Hall–Kier alpha value is -3.31. The van der Waals surface area contributed by atoms with E-state index in [1.807, 2.05) is 61.8 Å². The lowest BCUT2D eigenvalue weighted by atomic mass is 9.89. The molecular formula is C25H18ClF3N2. The number of hydrogen-bond acceptors (Lipinski definition) is 0. The van der Waals surface area contributed by atoms with Crippen molar-refractivity contribution in [3.8, 4) is 0 Å². The summed E-state index contributed by atoms with van der Waals surface area (Å²) < 4.78 is 39.3. The Bertz CT molecular complexity index is 1330. The molecule has 1 aromatic heterocycles. The van der Waals surface area contributed by atoms with Gasteiger partial charge in [-0.15, -0.1) is 0 Å². The van der Waals surface area contributed by atoms with Crippen molar-refractivity contribution >= 4 is 34.0 Å². The van der Waals surface area contributed by atoms with Crippen molar-refractivity contribution in [1.82, 2.24) is 4.98 Å². The van der Waals surface area contributed by atoms with Gasteiger partial charge in [0, 0.05) is 33.8 Å². The first kappa shape index (κ1) is 20.9. The van der Waals surface area contributed by atoms with Crippen LogP contribution in [0.4, 0.5) is 18.9 Å². The van der Waals surface area contributed by atoms with Crippen molar-refractivity contribution in [2.45, 2.75) is 13.1 Å². The predicted molar refractivity (Wildman–Crippen MR) is 114 cm³/mol. The lowest BCUT2D eigenvalue weighted by Gasteiger charge is -2.12. The largest absolute Gasteiger partial charge is 1.00 e. The normalized spacial score (nSPS) is 14.5. The molecular weight excluding hydrogens is 421 g/mol. The number of aromatic nitrogens is 1. The number of H-pyrrole nitrogens is 1. The zero-order valence-corrected chi connectivity index (χ0v) is 17.3. The summed E-state index contributed by atoms with van der Waals surface area (Å²) in [7, 11) is 0. The van der Waals surface area contributed by atoms with E-state index < -0.39 is 11.7 Å². The Balaban J connectivity index is 0.00000231. The maximum Gasteiger partial charge on any atom is 0.416 e. The molecule has 31 heavy (non-hydrogen) atoms. The van der Waals surface area contributed by atoms with E-state index in [0.29, 0.717) is 0 Å². The number of rotatable bonds is 2. The number of para-hydroxylation sites is 2. The van der Waals surface area contributed by atoms with E-state index in [1.165, 1.54) is 0 Å². The number of allylic oxidation sites excluding steroid dienone is 1. The van der Waals surface area contributed by atoms with E-state index in [9.17, 15) is 13.2 Å². The molecule has 156 valence electrons. The number of nitrogens with one attached hydrogen (secondary N) is 2. The Morgan fingerprint density at radius 3 is 2.39 bits per heavy atom. The van der Waals surface area contributed by atoms with Crippen molar-refractivity contribution in [2.75, 3.05) is 0 Å². The Morgan fingerprint density at radius 2 is 1.65 bits per heavy atom. The molecule has 2 nitrogen and oxygen atoms in total. The van der Waals surface area contributed by atoms with Gasteiger partial charge in [-0.3, -0.25) is 0 Å². The highest BCUT2D eigenvalue weighted by Crippen LogP contribution is 2.39. The Labute approximate surface area is 183 Å². The third kappa shape index (κ3) is 3.55. The standard InChI is InChI=1S/C25H17F3N2.ClH/c1-15-5-4-7-19-21(14-30-24(15)19)23(16-9-11-17(12-10-16)25(26,27)28)20-13-29-22-8-3-2-6-18(20)22;/h2-14,29H,1H3;1H. The molecule has 0 spiro atoms. The molecule has 0 atom stereocenters. The summed E-state index contributed by atoms with van der Waals surface area (Å²) >= 11 is 0. The molecule has 2 N–H and O–H groups in total. The summed E-state index contributed by atoms with van der Waals surface area (Å²) in [6, 6.07) is 19.4. The average Bonchev–Trinajstić information content (AvgIpc) is 3.34. The minimum Gasteiger partial charge on any atom is -1.00 e. The third-order valence-electron chi connectivity index (χ3n) is 5.55. The van der Waals surface area contributed by atoms with Crippen molar-refractivity contribution in [3.63, 3.8) is 0 Å². The molecule has 0 saturated heterocycles. The minimum atomic E-state index is -4.36.